The average Bonchev–Trinajstić information content (AvgIpc) is 3.55. The summed E-state index contributed by atoms with van der Waals surface area (Å²) in [6.45, 7) is 17.0. The van der Waals surface area contributed by atoms with Gasteiger partial charge in [0.1, 0.15) is 18.3 Å². The van der Waals surface area contributed by atoms with Gasteiger partial charge in [-0.3, -0.25) is 4.79 Å². The fraction of sp³-hybridized carbons (Fsp3) is 0.973. The number of hydrogen-bond acceptors (Lipinski definition) is 9. The average molecular weight is 649 g/mol. The number of esters is 1. The number of carbonyl (C=O) groups is 1. The second kappa shape index (κ2) is 10.6. The Kier molecular flexibility index (Phi) is 7.76. The monoisotopic (exact) mass is 648 g/mol. The zero-order valence-electron chi connectivity index (χ0n) is 29.3. The number of fused-ring (bicyclic) bond motifs is 4. The lowest BCUT2D eigenvalue weighted by molar-refractivity contribution is -0.302. The minimum absolute atomic E-state index is 0.0429. The lowest BCUT2D eigenvalue weighted by atomic mass is 9.41. The zero-order chi connectivity index (χ0) is 33.4. The van der Waals surface area contributed by atoms with Crippen LogP contribution in [0.3, 0.4) is 0 Å². The highest BCUT2D eigenvalue weighted by molar-refractivity contribution is 5.66. The summed E-state index contributed by atoms with van der Waals surface area (Å²) < 4.78 is 24.8. The minimum Gasteiger partial charge on any atom is -0.457 e. The maximum atomic E-state index is 12.0. The Morgan fingerprint density at radius 1 is 0.935 bits per heavy atom. The smallest absolute Gasteiger partial charge is 0.303 e. The molecule has 3 unspecified atom stereocenters. The second-order valence-corrected chi connectivity index (χ2v) is 18.6. The van der Waals surface area contributed by atoms with Crippen LogP contribution in [-0.4, -0.2) is 87.6 Å². The summed E-state index contributed by atoms with van der Waals surface area (Å²) in [7, 11) is 0. The van der Waals surface area contributed by atoms with Gasteiger partial charge in [-0.15, -0.1) is 0 Å². The van der Waals surface area contributed by atoms with E-state index in [1.54, 1.807) is 13.8 Å². The van der Waals surface area contributed by atoms with Gasteiger partial charge in [0, 0.05) is 6.92 Å². The highest BCUT2D eigenvalue weighted by Gasteiger charge is 2.83. The summed E-state index contributed by atoms with van der Waals surface area (Å²) in [5.41, 5.74) is -0.376. The molecule has 9 heteroatoms. The van der Waals surface area contributed by atoms with Crippen molar-refractivity contribution in [2.75, 3.05) is 6.61 Å². The normalized spacial score (nSPS) is 54.7. The van der Waals surface area contributed by atoms with E-state index in [4.69, 9.17) is 18.9 Å². The molecule has 0 radical (unpaired) electrons. The quantitative estimate of drug-likeness (QED) is 0.254. The molecule has 0 aromatic heterocycles. The molecule has 0 amide bonds. The Hall–Kier alpha value is -0.810. The van der Waals surface area contributed by atoms with Crippen molar-refractivity contribution in [2.45, 2.75) is 168 Å². The van der Waals surface area contributed by atoms with Gasteiger partial charge < -0.3 is 39.4 Å². The van der Waals surface area contributed by atoms with E-state index in [2.05, 4.69) is 34.6 Å². The molecule has 7 rings (SSSR count). The van der Waals surface area contributed by atoms with Crippen molar-refractivity contribution in [3.63, 3.8) is 0 Å². The van der Waals surface area contributed by atoms with E-state index in [9.17, 15) is 25.2 Å². The van der Waals surface area contributed by atoms with Gasteiger partial charge in [-0.25, -0.2) is 0 Å². The highest BCUT2D eigenvalue weighted by Crippen LogP contribution is 2.89. The molecule has 9 nitrogen and oxygen atoms in total. The summed E-state index contributed by atoms with van der Waals surface area (Å²) in [5.74, 6) is 1.59. The molecular weight excluding hydrogens is 588 g/mol. The van der Waals surface area contributed by atoms with E-state index in [0.717, 1.165) is 32.1 Å². The number of aliphatic hydroxyl groups excluding tert-OH is 3. The minimum atomic E-state index is -1.27. The van der Waals surface area contributed by atoms with Crippen LogP contribution in [-0.2, 0) is 23.7 Å². The van der Waals surface area contributed by atoms with Gasteiger partial charge in [-0.05, 0) is 122 Å². The topological polar surface area (TPSA) is 135 Å². The van der Waals surface area contributed by atoms with Gasteiger partial charge >= 0.3 is 5.97 Å². The molecule has 262 valence electrons. The first-order chi connectivity index (χ1) is 21.3. The van der Waals surface area contributed by atoms with Crippen LogP contribution in [0, 0.1) is 50.7 Å². The van der Waals surface area contributed by atoms with Gasteiger partial charge in [-0.2, -0.15) is 0 Å². The third kappa shape index (κ3) is 4.47. The van der Waals surface area contributed by atoms with Crippen molar-refractivity contribution < 1.29 is 44.2 Å². The summed E-state index contributed by atoms with van der Waals surface area (Å²) in [5, 5.41) is 41.8. The molecule has 7 fully saturated rings. The molecule has 0 bridgehead atoms. The van der Waals surface area contributed by atoms with Crippen molar-refractivity contribution in [3.8, 4) is 0 Å². The van der Waals surface area contributed by atoms with Crippen molar-refractivity contribution >= 4 is 5.97 Å². The SMILES string of the molecule is CC(=O)O[C@@H]([C@H]1C[C@@H](C)C2C(C[C@@]3(C)[C@@H]4CC[C@H]5C(C)(C)[C@@H](OC6OC[C@@H](O)[C@H](O)[C@H]6O)CC[C@@]56C[C@@]46CC[C@]23C)O1)C(C)(C)O. The molecule has 4 N–H and O–H groups in total. The first-order valence-corrected chi connectivity index (χ1v) is 18.2. The fourth-order valence-corrected chi connectivity index (χ4v) is 13.7. The predicted octanol–water partition coefficient (Wildman–Crippen LogP) is 4.36. The Bertz CT molecular complexity index is 1220. The number of ether oxygens (including phenoxy) is 4. The van der Waals surface area contributed by atoms with Crippen LogP contribution in [0.25, 0.3) is 0 Å². The van der Waals surface area contributed by atoms with Crippen molar-refractivity contribution in [2.24, 2.45) is 50.7 Å². The van der Waals surface area contributed by atoms with Crippen molar-refractivity contribution in [1.29, 1.82) is 0 Å². The number of aliphatic hydroxyl groups is 4. The molecule has 0 aromatic carbocycles. The summed E-state index contributed by atoms with van der Waals surface area (Å²) in [4.78, 5) is 12.0. The van der Waals surface area contributed by atoms with Crippen molar-refractivity contribution in [1.82, 2.24) is 0 Å². The van der Waals surface area contributed by atoms with E-state index < -0.39 is 36.3 Å². The summed E-state index contributed by atoms with van der Waals surface area (Å²) in [6.07, 6.45) is 4.31. The lowest BCUT2D eigenvalue weighted by Gasteiger charge is -2.63. The third-order valence-electron chi connectivity index (χ3n) is 15.7. The van der Waals surface area contributed by atoms with Crippen LogP contribution < -0.4 is 0 Å². The third-order valence-corrected chi connectivity index (χ3v) is 15.7. The molecule has 2 saturated heterocycles. The Balaban J connectivity index is 1.12. The Morgan fingerprint density at radius 3 is 2.28 bits per heavy atom. The van der Waals surface area contributed by atoms with Crippen LogP contribution in [0.15, 0.2) is 0 Å². The van der Waals surface area contributed by atoms with Crippen LogP contribution in [0.2, 0.25) is 0 Å². The molecule has 2 spiro atoms. The lowest BCUT2D eigenvalue weighted by Crippen LogP contribution is -2.60. The van der Waals surface area contributed by atoms with Gasteiger partial charge in [0.05, 0.1) is 30.5 Å². The van der Waals surface area contributed by atoms with Gasteiger partial charge in [0.2, 0.25) is 0 Å². The zero-order valence-corrected chi connectivity index (χ0v) is 29.3. The molecule has 2 heterocycles. The largest absolute Gasteiger partial charge is 0.457 e. The van der Waals surface area contributed by atoms with Crippen LogP contribution in [0.4, 0.5) is 0 Å². The molecule has 5 aliphatic carbocycles. The van der Waals surface area contributed by atoms with E-state index in [-0.39, 0.29) is 47.1 Å². The first-order valence-electron chi connectivity index (χ1n) is 18.2. The van der Waals surface area contributed by atoms with Crippen LogP contribution in [0.1, 0.15) is 113 Å². The Labute approximate surface area is 275 Å². The predicted molar refractivity (Wildman–Crippen MR) is 169 cm³/mol. The molecule has 46 heavy (non-hydrogen) atoms. The number of carbonyl (C=O) groups excluding carboxylic acids is 1. The standard InChI is InChI=1S/C37H60O9/c1-19-15-22(30(33(5,6)42)44-20(2)38)45-23-16-35(8)25-10-9-24-32(3,4)26(46-31-29(41)28(40)21(39)17-43-31)11-12-36(24)18-37(25,36)14-13-34(35,7)27(19)23/h19,21-31,39-42H,9-18H2,1-8H3/t19-,21-,22-,23?,24+,25+,26+,27?,28+,29-,30+,31?,34-,35+,36-,37+/m1/s1. The molecule has 0 aromatic rings. The summed E-state index contributed by atoms with van der Waals surface area (Å²) >= 11 is 0. The van der Waals surface area contributed by atoms with E-state index in [1.807, 2.05) is 0 Å². The Morgan fingerprint density at radius 2 is 1.61 bits per heavy atom. The molecule has 2 aliphatic heterocycles. The van der Waals surface area contributed by atoms with Crippen molar-refractivity contribution in [3.05, 3.63) is 0 Å². The van der Waals surface area contributed by atoms with Crippen LogP contribution >= 0.6 is 0 Å². The molecular formula is C37H60O9. The molecule has 7 aliphatic rings. The van der Waals surface area contributed by atoms with E-state index in [1.165, 1.54) is 32.6 Å². The first kappa shape index (κ1) is 33.7. The maximum absolute atomic E-state index is 12.0. The maximum Gasteiger partial charge on any atom is 0.303 e. The summed E-state index contributed by atoms with van der Waals surface area (Å²) in [6, 6.07) is 0. The van der Waals surface area contributed by atoms with Crippen LogP contribution in [0.5, 0.6) is 0 Å². The van der Waals surface area contributed by atoms with Gasteiger partial charge in [-0.1, -0.05) is 34.6 Å². The van der Waals surface area contributed by atoms with E-state index >= 15 is 0 Å². The fourth-order valence-electron chi connectivity index (χ4n) is 13.7. The van der Waals surface area contributed by atoms with Gasteiger partial charge in [0.25, 0.3) is 0 Å². The second-order valence-electron chi connectivity index (χ2n) is 18.6. The number of rotatable bonds is 5. The van der Waals surface area contributed by atoms with E-state index in [0.29, 0.717) is 34.5 Å². The number of hydrogen-bond donors (Lipinski definition) is 4. The molecule has 16 atom stereocenters. The van der Waals surface area contributed by atoms with Gasteiger partial charge in [0.15, 0.2) is 12.4 Å². The highest BCUT2D eigenvalue weighted by atomic mass is 16.7. The molecule has 5 saturated carbocycles.